The number of anilines is 1. The molecule has 1 N–H and O–H groups in total. The van der Waals surface area contributed by atoms with Gasteiger partial charge in [0.05, 0.1) is 37.0 Å². The topological polar surface area (TPSA) is 94.2 Å². The molecule has 1 saturated carbocycles. The lowest BCUT2D eigenvalue weighted by Crippen LogP contribution is -2.30. The van der Waals surface area contributed by atoms with Gasteiger partial charge in [0.15, 0.2) is 11.5 Å². The molecule has 2 aromatic carbocycles. The van der Waals surface area contributed by atoms with Crippen LogP contribution in [0.1, 0.15) is 30.1 Å². The number of sulfonamides is 1. The molecule has 162 valence electrons. The summed E-state index contributed by atoms with van der Waals surface area (Å²) >= 11 is 0. The average Bonchev–Trinajstić information content (AvgIpc) is 3.58. The fourth-order valence-corrected chi connectivity index (χ4v) is 4.11. The Morgan fingerprint density at radius 3 is 2.23 bits per heavy atom. The van der Waals surface area contributed by atoms with Crippen LogP contribution in [0.3, 0.4) is 0 Å². The summed E-state index contributed by atoms with van der Waals surface area (Å²) in [7, 11) is 0.665. The maximum absolute atomic E-state index is 13.0. The first-order valence-electron chi connectivity index (χ1n) is 9.59. The first-order valence-corrected chi connectivity index (χ1v) is 11.1. The number of nitrogens with one attached hydrogen (secondary N) is 1. The molecule has 1 aliphatic rings. The van der Waals surface area contributed by atoms with Crippen molar-refractivity contribution in [1.82, 2.24) is 4.90 Å². The van der Waals surface area contributed by atoms with Gasteiger partial charge in [-0.2, -0.15) is 0 Å². The highest BCUT2D eigenvalue weighted by atomic mass is 32.2. The number of nitrogens with zero attached hydrogens (tertiary/aromatic N) is 1. The van der Waals surface area contributed by atoms with Gasteiger partial charge < -0.3 is 19.1 Å². The van der Waals surface area contributed by atoms with Crippen LogP contribution in [0.2, 0.25) is 0 Å². The Kier molecular flexibility index (Phi) is 6.40. The predicted octanol–water partition coefficient (Wildman–Crippen LogP) is 3.14. The zero-order chi connectivity index (χ0) is 21.9. The lowest BCUT2D eigenvalue weighted by atomic mass is 10.1. The second-order valence-electron chi connectivity index (χ2n) is 6.91. The normalized spacial score (nSPS) is 13.5. The van der Waals surface area contributed by atoms with Crippen molar-refractivity contribution < 1.29 is 27.4 Å². The second-order valence-corrected chi connectivity index (χ2v) is 8.59. The summed E-state index contributed by atoms with van der Waals surface area (Å²) in [5, 5.41) is 0. The molecule has 0 spiro atoms. The van der Waals surface area contributed by atoms with E-state index in [4.69, 9.17) is 14.2 Å². The van der Waals surface area contributed by atoms with Crippen LogP contribution in [0.25, 0.3) is 0 Å². The van der Waals surface area contributed by atoms with Crippen LogP contribution in [0.4, 0.5) is 5.69 Å². The monoisotopic (exact) mass is 434 g/mol. The van der Waals surface area contributed by atoms with Gasteiger partial charge >= 0.3 is 0 Å². The van der Waals surface area contributed by atoms with E-state index >= 15 is 0 Å². The molecule has 0 bridgehead atoms. The number of ether oxygens (including phenoxy) is 3. The van der Waals surface area contributed by atoms with Crippen molar-refractivity contribution in [3.63, 3.8) is 0 Å². The summed E-state index contributed by atoms with van der Waals surface area (Å²) in [5.74, 6) is 0.939. The first kappa shape index (κ1) is 21.8. The molecule has 0 aliphatic heterocycles. The lowest BCUT2D eigenvalue weighted by molar-refractivity contribution is 0.0785. The van der Waals surface area contributed by atoms with E-state index in [2.05, 4.69) is 4.72 Å². The Balaban J connectivity index is 1.99. The van der Waals surface area contributed by atoms with Gasteiger partial charge in [-0.1, -0.05) is 0 Å². The summed E-state index contributed by atoms with van der Waals surface area (Å²) < 4.78 is 44.4. The molecular weight excluding hydrogens is 408 g/mol. The average molecular weight is 435 g/mol. The molecule has 1 amide bonds. The van der Waals surface area contributed by atoms with Crippen LogP contribution < -0.4 is 18.9 Å². The molecule has 9 heteroatoms. The standard InChI is InChI=1S/C21H26N2O6S/c1-5-29-15-8-10-16(11-9-15)30(25,26)22-18-13-20(28-4)19(27-3)12-17(18)21(24)23(2)14-6-7-14/h8-14,22H,5-7H2,1-4H3. The van der Waals surface area contributed by atoms with E-state index < -0.39 is 10.0 Å². The summed E-state index contributed by atoms with van der Waals surface area (Å²) in [5.41, 5.74) is 0.315. The molecule has 8 nitrogen and oxygen atoms in total. The van der Waals surface area contributed by atoms with Gasteiger partial charge in [-0.15, -0.1) is 0 Å². The Labute approximate surface area is 176 Å². The fourth-order valence-electron chi connectivity index (χ4n) is 3.04. The van der Waals surface area contributed by atoms with Gasteiger partial charge in [0, 0.05) is 19.2 Å². The zero-order valence-electron chi connectivity index (χ0n) is 17.5. The van der Waals surface area contributed by atoms with E-state index in [1.54, 1.807) is 24.1 Å². The second kappa shape index (κ2) is 8.83. The van der Waals surface area contributed by atoms with Gasteiger partial charge in [-0.05, 0) is 50.1 Å². The number of carbonyl (C=O) groups is 1. The maximum Gasteiger partial charge on any atom is 0.261 e. The molecule has 0 heterocycles. The maximum atomic E-state index is 13.0. The lowest BCUT2D eigenvalue weighted by Gasteiger charge is -2.21. The Bertz CT molecular complexity index is 1020. The van der Waals surface area contributed by atoms with E-state index in [0.717, 1.165) is 12.8 Å². The molecule has 1 fully saturated rings. The fraction of sp³-hybridized carbons (Fsp3) is 0.381. The van der Waals surface area contributed by atoms with Gasteiger partial charge in [0.25, 0.3) is 15.9 Å². The molecule has 0 radical (unpaired) electrons. The number of rotatable bonds is 9. The van der Waals surface area contributed by atoms with Crippen LogP contribution in [-0.2, 0) is 10.0 Å². The minimum Gasteiger partial charge on any atom is -0.494 e. The number of hydrogen-bond donors (Lipinski definition) is 1. The van der Waals surface area contributed by atoms with Gasteiger partial charge in [-0.25, -0.2) is 8.42 Å². The van der Waals surface area contributed by atoms with Crippen LogP contribution >= 0.6 is 0 Å². The minimum atomic E-state index is -3.95. The number of hydrogen-bond acceptors (Lipinski definition) is 6. The number of amides is 1. The summed E-state index contributed by atoms with van der Waals surface area (Å²) in [6.07, 6.45) is 1.87. The molecular formula is C21H26N2O6S. The number of carbonyl (C=O) groups excluding carboxylic acids is 1. The molecule has 30 heavy (non-hydrogen) atoms. The van der Waals surface area contributed by atoms with Crippen molar-refractivity contribution in [3.05, 3.63) is 42.0 Å². The number of methoxy groups -OCH3 is 2. The third-order valence-corrected chi connectivity index (χ3v) is 6.24. The predicted molar refractivity (Wildman–Crippen MR) is 113 cm³/mol. The van der Waals surface area contributed by atoms with Gasteiger partial charge in [0.1, 0.15) is 5.75 Å². The summed E-state index contributed by atoms with van der Waals surface area (Å²) in [4.78, 5) is 14.7. The zero-order valence-corrected chi connectivity index (χ0v) is 18.3. The molecule has 0 saturated heterocycles. The smallest absolute Gasteiger partial charge is 0.261 e. The van der Waals surface area contributed by atoms with Crippen LogP contribution in [0, 0.1) is 0 Å². The van der Waals surface area contributed by atoms with Crippen molar-refractivity contribution in [2.24, 2.45) is 0 Å². The third kappa shape index (κ3) is 4.62. The van der Waals surface area contributed by atoms with Gasteiger partial charge in [-0.3, -0.25) is 9.52 Å². The molecule has 0 aromatic heterocycles. The highest BCUT2D eigenvalue weighted by Crippen LogP contribution is 2.36. The van der Waals surface area contributed by atoms with E-state index in [1.807, 2.05) is 6.92 Å². The highest BCUT2D eigenvalue weighted by Gasteiger charge is 2.32. The highest BCUT2D eigenvalue weighted by molar-refractivity contribution is 7.92. The largest absolute Gasteiger partial charge is 0.494 e. The molecule has 1 aliphatic carbocycles. The summed E-state index contributed by atoms with van der Waals surface area (Å²) in [6, 6.07) is 9.19. The quantitative estimate of drug-likeness (QED) is 0.652. The van der Waals surface area contributed by atoms with Crippen LogP contribution in [-0.4, -0.2) is 53.1 Å². The van der Waals surface area contributed by atoms with Crippen molar-refractivity contribution in [2.45, 2.75) is 30.7 Å². The SMILES string of the molecule is CCOc1ccc(S(=O)(=O)Nc2cc(OC)c(OC)cc2C(=O)N(C)C2CC2)cc1. The summed E-state index contributed by atoms with van der Waals surface area (Å²) in [6.45, 7) is 2.33. The third-order valence-electron chi connectivity index (χ3n) is 4.86. The van der Waals surface area contributed by atoms with Crippen molar-refractivity contribution in [3.8, 4) is 17.2 Å². The van der Waals surface area contributed by atoms with Crippen LogP contribution in [0.5, 0.6) is 17.2 Å². The van der Waals surface area contributed by atoms with E-state index in [1.165, 1.54) is 38.5 Å². The Hall–Kier alpha value is -2.94. The first-order chi connectivity index (χ1) is 14.3. The van der Waals surface area contributed by atoms with E-state index in [0.29, 0.717) is 23.9 Å². The van der Waals surface area contributed by atoms with Crippen molar-refractivity contribution in [2.75, 3.05) is 32.6 Å². The Morgan fingerprint density at radius 2 is 1.70 bits per heavy atom. The molecule has 0 atom stereocenters. The van der Waals surface area contributed by atoms with Crippen molar-refractivity contribution in [1.29, 1.82) is 0 Å². The molecule has 0 unspecified atom stereocenters. The van der Waals surface area contributed by atoms with E-state index in [9.17, 15) is 13.2 Å². The molecule has 3 rings (SSSR count). The molecule has 2 aromatic rings. The van der Waals surface area contributed by atoms with Crippen LogP contribution in [0.15, 0.2) is 41.3 Å². The van der Waals surface area contributed by atoms with Crippen molar-refractivity contribution >= 4 is 21.6 Å². The number of benzene rings is 2. The van der Waals surface area contributed by atoms with Gasteiger partial charge in [0.2, 0.25) is 0 Å². The minimum absolute atomic E-state index is 0.0506. The Morgan fingerprint density at radius 1 is 1.10 bits per heavy atom. The van der Waals surface area contributed by atoms with E-state index in [-0.39, 0.29) is 28.1 Å².